The fourth-order valence-electron chi connectivity index (χ4n) is 5.82. The number of halogens is 6. The molecule has 3 rings (SSSR count). The number of fused-ring (bicyclic) bond motifs is 1. The molecule has 10 nitrogen and oxygen atoms in total. The van der Waals surface area contributed by atoms with Crippen LogP contribution in [0.25, 0.3) is 0 Å². The van der Waals surface area contributed by atoms with Crippen LogP contribution in [-0.2, 0) is 27.2 Å². The Bertz CT molecular complexity index is 1190. The highest BCUT2D eigenvalue weighted by Gasteiger charge is 2.62. The van der Waals surface area contributed by atoms with E-state index in [1.807, 2.05) is 55.4 Å². The predicted octanol–water partition coefficient (Wildman–Crippen LogP) is 5.49. The van der Waals surface area contributed by atoms with Gasteiger partial charge in [0.05, 0.1) is 13.2 Å². The first-order chi connectivity index (χ1) is 20.2. The molecule has 3 heterocycles. The molecule has 2 aliphatic rings. The lowest BCUT2D eigenvalue weighted by molar-refractivity contribution is -0.299. The molecule has 2 saturated heterocycles. The maximum atomic E-state index is 13.1. The van der Waals surface area contributed by atoms with Crippen molar-refractivity contribution in [3.63, 3.8) is 0 Å². The zero-order valence-corrected chi connectivity index (χ0v) is 28.0. The van der Waals surface area contributed by atoms with Crippen molar-refractivity contribution in [2.45, 2.75) is 114 Å². The Morgan fingerprint density at radius 2 is 1.48 bits per heavy atom. The molecule has 0 radical (unpaired) electrons. The van der Waals surface area contributed by atoms with Crippen molar-refractivity contribution in [3.8, 4) is 0 Å². The van der Waals surface area contributed by atoms with Crippen LogP contribution >= 0.6 is 0 Å². The van der Waals surface area contributed by atoms with Gasteiger partial charge in [0.2, 0.25) is 0 Å². The van der Waals surface area contributed by atoms with Crippen molar-refractivity contribution in [3.05, 3.63) is 33.1 Å². The van der Waals surface area contributed by atoms with Gasteiger partial charge < -0.3 is 27.2 Å². The molecule has 0 unspecified atom stereocenters. The number of alkyl halides is 6. The van der Waals surface area contributed by atoms with Gasteiger partial charge in [0.1, 0.15) is 25.1 Å². The molecule has 0 aromatic carbocycles. The summed E-state index contributed by atoms with van der Waals surface area (Å²) in [5.41, 5.74) is -1.84. The summed E-state index contributed by atoms with van der Waals surface area (Å²) in [6.45, 7) is 13.1. The smallest absolute Gasteiger partial charge is 0.402 e. The third-order valence-electron chi connectivity index (χ3n) is 8.16. The minimum atomic E-state index is -5.59. The van der Waals surface area contributed by atoms with Gasteiger partial charge >= 0.3 is 35.2 Å². The number of nitrogens with one attached hydrogen (secondary N) is 1. The van der Waals surface area contributed by atoms with Gasteiger partial charge in [-0.1, -0.05) is 55.4 Å². The topological polar surface area (TPSA) is 110 Å². The summed E-state index contributed by atoms with van der Waals surface area (Å²) < 4.78 is 117. The Kier molecular flexibility index (Phi) is 11.5. The third kappa shape index (κ3) is 7.53. The van der Waals surface area contributed by atoms with E-state index in [4.69, 9.17) is 27.2 Å². The zero-order chi connectivity index (χ0) is 33.4. The van der Waals surface area contributed by atoms with E-state index in [0.717, 1.165) is 16.8 Å². The van der Waals surface area contributed by atoms with Crippen LogP contribution in [0.3, 0.4) is 0 Å². The van der Waals surface area contributed by atoms with Gasteiger partial charge in [-0.15, -0.1) is 0 Å². The molecule has 254 valence electrons. The second-order valence-corrected chi connectivity index (χ2v) is 21.2. The maximum absolute atomic E-state index is 13.1. The normalized spacial score (nSPS) is 26.1. The number of aromatic nitrogens is 2. The fourth-order valence-corrected chi connectivity index (χ4v) is 17.0. The van der Waals surface area contributed by atoms with Crippen LogP contribution in [0.4, 0.5) is 26.3 Å². The van der Waals surface area contributed by atoms with E-state index in [0.29, 0.717) is 0 Å². The second kappa shape index (κ2) is 13.7. The summed E-state index contributed by atoms with van der Waals surface area (Å²) in [5, 5.41) is 0. The Hall–Kier alpha value is -1.55. The van der Waals surface area contributed by atoms with Crippen LogP contribution in [0, 0.1) is 5.92 Å². The standard InChI is InChI=1S/C26H42F6N2O8Si2/c1-14(2)43(15(3)4)39-11-18-21(41-44(42-43,16(5)6)17(7)8)22(23(40-18)34-10-9-20(35)33-24(34)36)38-13-37-12-19(25(27,28)29)26(30,31)32/h9-10,14-19,21-23H,11-13H2,1-8H3,(H,33,35,36)/t18-,21-,22-,23-/m1/s1. The number of aromatic amines is 1. The third-order valence-corrected chi connectivity index (χ3v) is 18.4. The largest absolute Gasteiger partial charge is 0.414 e. The molecule has 0 saturated carbocycles. The minimum absolute atomic E-state index is 0.00158. The number of rotatable bonds is 10. The van der Waals surface area contributed by atoms with Gasteiger partial charge in [0.15, 0.2) is 12.1 Å². The molecule has 4 atom stereocenters. The first-order valence-electron chi connectivity index (χ1n) is 14.5. The van der Waals surface area contributed by atoms with Gasteiger partial charge in [0, 0.05) is 12.3 Å². The van der Waals surface area contributed by atoms with E-state index >= 15 is 0 Å². The van der Waals surface area contributed by atoms with E-state index in [2.05, 4.69) is 4.98 Å². The summed E-state index contributed by atoms with van der Waals surface area (Å²) in [4.78, 5) is 26.7. The van der Waals surface area contributed by atoms with Gasteiger partial charge in [-0.05, 0) is 22.2 Å². The average Bonchev–Trinajstić information content (AvgIpc) is 3.17. The van der Waals surface area contributed by atoms with E-state index in [1.165, 1.54) is 0 Å². The number of H-pyrrole nitrogens is 1. The van der Waals surface area contributed by atoms with Crippen molar-refractivity contribution in [1.82, 2.24) is 9.55 Å². The predicted molar refractivity (Wildman–Crippen MR) is 150 cm³/mol. The molecular weight excluding hydrogens is 638 g/mol. The van der Waals surface area contributed by atoms with Crippen LogP contribution in [0.2, 0.25) is 22.2 Å². The Balaban J connectivity index is 2.04. The van der Waals surface area contributed by atoms with Crippen molar-refractivity contribution in [1.29, 1.82) is 0 Å². The molecule has 2 fully saturated rings. The van der Waals surface area contributed by atoms with Crippen LogP contribution in [0.15, 0.2) is 21.9 Å². The molecule has 0 amide bonds. The SMILES string of the molecule is CC(C)[Si]1(C(C)C)OC[C@H]2O[C@@H](n3ccc(=O)[nH]c3=O)[C@H](OCOCC(C(F)(F)F)C(F)(F)F)[C@@H]2O[Si](C(C)C)(C(C)C)O1. The molecule has 1 aromatic rings. The fraction of sp³-hybridized carbons (Fsp3) is 0.846. The van der Waals surface area contributed by atoms with Gasteiger partial charge in [-0.2, -0.15) is 26.3 Å². The molecule has 2 aliphatic heterocycles. The highest BCUT2D eigenvalue weighted by atomic mass is 28.5. The van der Waals surface area contributed by atoms with Crippen LogP contribution in [0.5, 0.6) is 0 Å². The monoisotopic (exact) mass is 680 g/mol. The number of ether oxygens (including phenoxy) is 3. The van der Waals surface area contributed by atoms with E-state index in [9.17, 15) is 35.9 Å². The molecule has 1 aromatic heterocycles. The summed E-state index contributed by atoms with van der Waals surface area (Å²) in [7, 11) is -6.28. The van der Waals surface area contributed by atoms with Crippen LogP contribution in [-0.4, -0.2) is 77.3 Å². The highest BCUT2D eigenvalue weighted by Crippen LogP contribution is 2.49. The van der Waals surface area contributed by atoms with Gasteiger partial charge in [0.25, 0.3) is 5.56 Å². The van der Waals surface area contributed by atoms with Gasteiger partial charge in [-0.3, -0.25) is 14.3 Å². The Morgan fingerprint density at radius 1 is 0.932 bits per heavy atom. The van der Waals surface area contributed by atoms with Gasteiger partial charge in [-0.25, -0.2) is 4.79 Å². The quantitative estimate of drug-likeness (QED) is 0.150. The van der Waals surface area contributed by atoms with Crippen molar-refractivity contribution in [2.75, 3.05) is 20.0 Å². The Morgan fingerprint density at radius 3 is 1.95 bits per heavy atom. The molecule has 44 heavy (non-hydrogen) atoms. The first kappa shape index (κ1) is 36.9. The number of nitrogens with zero attached hydrogens (tertiary/aromatic N) is 1. The summed E-state index contributed by atoms with van der Waals surface area (Å²) in [5.74, 6) is -3.73. The first-order valence-corrected chi connectivity index (χ1v) is 18.4. The summed E-state index contributed by atoms with van der Waals surface area (Å²) in [6.07, 6.45) is -14.5. The summed E-state index contributed by atoms with van der Waals surface area (Å²) >= 11 is 0. The highest BCUT2D eigenvalue weighted by molar-refractivity contribution is 6.84. The second-order valence-electron chi connectivity index (χ2n) is 12.4. The lowest BCUT2D eigenvalue weighted by Crippen LogP contribution is -2.66. The minimum Gasteiger partial charge on any atom is -0.414 e. The molecule has 1 N–H and O–H groups in total. The molecular formula is C26H42F6N2O8Si2. The lowest BCUT2D eigenvalue weighted by Gasteiger charge is -2.51. The lowest BCUT2D eigenvalue weighted by atomic mass is 10.1. The Labute approximate surface area is 253 Å². The molecule has 0 aliphatic carbocycles. The molecule has 18 heteroatoms. The van der Waals surface area contributed by atoms with E-state index < -0.39 is 84.6 Å². The number of hydrogen-bond donors (Lipinski definition) is 1. The van der Waals surface area contributed by atoms with Crippen molar-refractivity contribution >= 4 is 17.1 Å². The van der Waals surface area contributed by atoms with Crippen molar-refractivity contribution in [2.24, 2.45) is 5.92 Å². The average molecular weight is 681 g/mol. The van der Waals surface area contributed by atoms with Crippen LogP contribution < -0.4 is 11.2 Å². The van der Waals surface area contributed by atoms with Crippen LogP contribution in [0.1, 0.15) is 61.6 Å². The maximum Gasteiger partial charge on any atom is 0.402 e. The number of hydrogen-bond acceptors (Lipinski definition) is 8. The van der Waals surface area contributed by atoms with E-state index in [1.54, 1.807) is 0 Å². The zero-order valence-electron chi connectivity index (χ0n) is 26.0. The van der Waals surface area contributed by atoms with E-state index in [-0.39, 0.29) is 28.8 Å². The summed E-state index contributed by atoms with van der Waals surface area (Å²) in [6, 6.07) is 1.06. The van der Waals surface area contributed by atoms with Crippen molar-refractivity contribution < 1.29 is 53.5 Å². The molecule has 0 spiro atoms. The molecule has 0 bridgehead atoms.